The van der Waals surface area contributed by atoms with Crippen LogP contribution in [0.5, 0.6) is 5.75 Å². The van der Waals surface area contributed by atoms with Gasteiger partial charge in [-0.15, -0.1) is 0 Å². The number of anilines is 1. The Morgan fingerprint density at radius 2 is 1.74 bits per heavy atom. The number of halogens is 1. The number of amides is 1. The molecule has 2 aromatic rings. The van der Waals surface area contributed by atoms with Crippen LogP contribution in [0.25, 0.3) is 6.08 Å². The van der Waals surface area contributed by atoms with E-state index in [-0.39, 0.29) is 5.91 Å². The largest absolute Gasteiger partial charge is 0.494 e. The van der Waals surface area contributed by atoms with Crippen LogP contribution in [0.2, 0.25) is 5.02 Å². The number of carbonyl (C=O) groups is 1. The summed E-state index contributed by atoms with van der Waals surface area (Å²) in [5, 5.41) is 3.53. The van der Waals surface area contributed by atoms with Crippen molar-refractivity contribution in [3.05, 3.63) is 65.2 Å². The van der Waals surface area contributed by atoms with Gasteiger partial charge in [0.15, 0.2) is 0 Å². The number of benzene rings is 2. The molecule has 3 nitrogen and oxygen atoms in total. The molecule has 27 heavy (non-hydrogen) atoms. The minimum absolute atomic E-state index is 0.170. The Balaban J connectivity index is 1.42. The Morgan fingerprint density at radius 1 is 1.04 bits per heavy atom. The van der Waals surface area contributed by atoms with Gasteiger partial charge in [0.25, 0.3) is 0 Å². The Morgan fingerprint density at radius 3 is 2.44 bits per heavy atom. The second-order valence-corrected chi connectivity index (χ2v) is 7.48. The summed E-state index contributed by atoms with van der Waals surface area (Å²) in [7, 11) is 0. The summed E-state index contributed by atoms with van der Waals surface area (Å²) in [6, 6.07) is 14.9. The van der Waals surface area contributed by atoms with E-state index in [1.807, 2.05) is 36.4 Å². The molecule has 0 aliphatic heterocycles. The van der Waals surface area contributed by atoms with Crippen LogP contribution in [0.3, 0.4) is 0 Å². The van der Waals surface area contributed by atoms with Crippen molar-refractivity contribution >= 4 is 29.3 Å². The van der Waals surface area contributed by atoms with Crippen molar-refractivity contribution in [1.29, 1.82) is 0 Å². The van der Waals surface area contributed by atoms with Crippen molar-refractivity contribution in [2.75, 3.05) is 11.9 Å². The van der Waals surface area contributed by atoms with E-state index < -0.39 is 0 Å². The predicted molar refractivity (Wildman–Crippen MR) is 112 cm³/mol. The first-order valence-electron chi connectivity index (χ1n) is 9.66. The van der Waals surface area contributed by atoms with Gasteiger partial charge >= 0.3 is 0 Å². The predicted octanol–water partition coefficient (Wildman–Crippen LogP) is 6.34. The van der Waals surface area contributed by atoms with Crippen molar-refractivity contribution in [2.24, 2.45) is 5.92 Å². The van der Waals surface area contributed by atoms with E-state index in [9.17, 15) is 4.79 Å². The summed E-state index contributed by atoms with van der Waals surface area (Å²) in [5.74, 6) is 1.50. The van der Waals surface area contributed by atoms with Crippen molar-refractivity contribution in [2.45, 2.75) is 38.5 Å². The maximum Gasteiger partial charge on any atom is 0.248 e. The summed E-state index contributed by atoms with van der Waals surface area (Å²) in [6.07, 6.45) is 11.2. The molecule has 1 aliphatic rings. The number of rotatable bonds is 7. The topological polar surface area (TPSA) is 38.3 Å². The standard InChI is InChI=1S/C23H26ClNO2/c24-20-9-6-19(7-10-20)8-15-23(26)25-21-11-13-22(14-12-21)27-17-16-18-4-2-1-3-5-18/h6-15,18H,1-5,16-17H2,(H,25,26)/b15-8+. The van der Waals surface area contributed by atoms with Gasteiger partial charge in [0.1, 0.15) is 5.75 Å². The summed E-state index contributed by atoms with van der Waals surface area (Å²) in [4.78, 5) is 12.0. The molecule has 4 heteroatoms. The first-order chi connectivity index (χ1) is 13.2. The first kappa shape index (κ1) is 19.5. The molecule has 1 saturated carbocycles. The van der Waals surface area contributed by atoms with Crippen molar-refractivity contribution in [1.82, 2.24) is 0 Å². The van der Waals surface area contributed by atoms with Crippen LogP contribution in [0.1, 0.15) is 44.1 Å². The van der Waals surface area contributed by atoms with Gasteiger partial charge in [-0.1, -0.05) is 55.8 Å². The van der Waals surface area contributed by atoms with Gasteiger partial charge in [-0.05, 0) is 60.4 Å². The average Bonchev–Trinajstić information content (AvgIpc) is 2.70. The van der Waals surface area contributed by atoms with Crippen LogP contribution in [-0.4, -0.2) is 12.5 Å². The fourth-order valence-electron chi connectivity index (χ4n) is 3.38. The van der Waals surface area contributed by atoms with E-state index in [4.69, 9.17) is 16.3 Å². The highest BCUT2D eigenvalue weighted by Gasteiger charge is 2.13. The highest BCUT2D eigenvalue weighted by Crippen LogP contribution is 2.26. The molecule has 0 spiro atoms. The third kappa shape index (κ3) is 6.76. The monoisotopic (exact) mass is 383 g/mol. The molecular formula is C23H26ClNO2. The van der Waals surface area contributed by atoms with Crippen LogP contribution < -0.4 is 10.1 Å². The van der Waals surface area contributed by atoms with E-state index in [0.29, 0.717) is 5.02 Å². The van der Waals surface area contributed by atoms with Gasteiger partial charge in [0, 0.05) is 16.8 Å². The van der Waals surface area contributed by atoms with E-state index in [1.54, 1.807) is 18.2 Å². The van der Waals surface area contributed by atoms with Crippen LogP contribution in [0.15, 0.2) is 54.6 Å². The molecule has 1 amide bonds. The second kappa shape index (κ2) is 10.2. The molecule has 1 N–H and O–H groups in total. The molecule has 1 fully saturated rings. The van der Waals surface area contributed by atoms with Crippen LogP contribution in [0, 0.1) is 5.92 Å². The molecule has 1 aliphatic carbocycles. The van der Waals surface area contributed by atoms with Crippen molar-refractivity contribution in [3.8, 4) is 5.75 Å². The van der Waals surface area contributed by atoms with Gasteiger partial charge in [-0.2, -0.15) is 0 Å². The lowest BCUT2D eigenvalue weighted by Crippen LogP contribution is -2.11. The Labute approximate surface area is 166 Å². The molecule has 0 radical (unpaired) electrons. The lowest BCUT2D eigenvalue weighted by Gasteiger charge is -2.21. The molecule has 0 heterocycles. The summed E-state index contributed by atoms with van der Waals surface area (Å²) in [5.41, 5.74) is 1.68. The van der Waals surface area contributed by atoms with Crippen LogP contribution >= 0.6 is 11.6 Å². The number of nitrogens with one attached hydrogen (secondary N) is 1. The molecule has 0 saturated heterocycles. The smallest absolute Gasteiger partial charge is 0.248 e. The maximum absolute atomic E-state index is 12.0. The molecular weight excluding hydrogens is 358 g/mol. The van der Waals surface area contributed by atoms with Crippen molar-refractivity contribution < 1.29 is 9.53 Å². The second-order valence-electron chi connectivity index (χ2n) is 7.04. The minimum atomic E-state index is -0.170. The van der Waals surface area contributed by atoms with Gasteiger partial charge in [0.2, 0.25) is 5.91 Å². The van der Waals surface area contributed by atoms with Gasteiger partial charge in [-0.3, -0.25) is 4.79 Å². The Bertz CT molecular complexity index is 747. The molecule has 0 atom stereocenters. The molecule has 0 unspecified atom stereocenters. The van der Waals surface area contributed by atoms with Crippen molar-refractivity contribution in [3.63, 3.8) is 0 Å². The Kier molecular flexibility index (Phi) is 7.35. The quantitative estimate of drug-likeness (QED) is 0.566. The minimum Gasteiger partial charge on any atom is -0.494 e. The molecule has 142 valence electrons. The average molecular weight is 384 g/mol. The normalized spacial score (nSPS) is 15.0. The van der Waals surface area contributed by atoms with Gasteiger partial charge in [0.05, 0.1) is 6.61 Å². The third-order valence-electron chi connectivity index (χ3n) is 4.94. The molecule has 2 aromatic carbocycles. The highest BCUT2D eigenvalue weighted by molar-refractivity contribution is 6.30. The number of ether oxygens (including phenoxy) is 1. The lowest BCUT2D eigenvalue weighted by atomic mass is 9.87. The number of hydrogen-bond donors (Lipinski definition) is 1. The fraction of sp³-hybridized carbons (Fsp3) is 0.348. The SMILES string of the molecule is O=C(/C=C/c1ccc(Cl)cc1)Nc1ccc(OCCC2CCCCC2)cc1. The van der Waals surface area contributed by atoms with Crippen LogP contribution in [-0.2, 0) is 4.79 Å². The maximum atomic E-state index is 12.0. The van der Waals surface area contributed by atoms with E-state index in [2.05, 4.69) is 5.32 Å². The summed E-state index contributed by atoms with van der Waals surface area (Å²) >= 11 is 5.85. The first-order valence-corrected chi connectivity index (χ1v) is 10.0. The molecule has 3 rings (SSSR count). The molecule has 0 aromatic heterocycles. The Hall–Kier alpha value is -2.26. The third-order valence-corrected chi connectivity index (χ3v) is 5.19. The lowest BCUT2D eigenvalue weighted by molar-refractivity contribution is -0.111. The highest BCUT2D eigenvalue weighted by atomic mass is 35.5. The van der Waals surface area contributed by atoms with Crippen LogP contribution in [0.4, 0.5) is 5.69 Å². The van der Waals surface area contributed by atoms with Gasteiger partial charge in [-0.25, -0.2) is 0 Å². The molecule has 0 bridgehead atoms. The fourth-order valence-corrected chi connectivity index (χ4v) is 3.51. The zero-order chi connectivity index (χ0) is 18.9. The summed E-state index contributed by atoms with van der Waals surface area (Å²) in [6.45, 7) is 0.764. The number of carbonyl (C=O) groups excluding carboxylic acids is 1. The van der Waals surface area contributed by atoms with E-state index >= 15 is 0 Å². The summed E-state index contributed by atoms with van der Waals surface area (Å²) < 4.78 is 5.85. The zero-order valence-corrected chi connectivity index (χ0v) is 16.3. The van der Waals surface area contributed by atoms with E-state index in [0.717, 1.165) is 35.9 Å². The van der Waals surface area contributed by atoms with Gasteiger partial charge < -0.3 is 10.1 Å². The van der Waals surface area contributed by atoms with E-state index in [1.165, 1.54) is 38.2 Å². The number of hydrogen-bond acceptors (Lipinski definition) is 2. The zero-order valence-electron chi connectivity index (χ0n) is 15.5.